The van der Waals surface area contributed by atoms with Crippen molar-refractivity contribution in [3.8, 4) is 0 Å². The molecule has 0 amide bonds. The summed E-state index contributed by atoms with van der Waals surface area (Å²) in [7, 11) is 0. The molecule has 14 heavy (non-hydrogen) atoms. The van der Waals surface area contributed by atoms with E-state index in [-0.39, 0.29) is 5.79 Å². The third-order valence-corrected chi connectivity index (χ3v) is 4.70. The zero-order valence-electron chi connectivity index (χ0n) is 8.44. The van der Waals surface area contributed by atoms with Gasteiger partial charge in [-0.1, -0.05) is 6.92 Å². The zero-order chi connectivity index (χ0) is 9.34. The Hall–Kier alpha value is -0.120. The molecule has 2 aliphatic heterocycles. The average molecular weight is 196 g/mol. The standard InChI is InChI=1S/C11H16O3/c1-6-9-7(2-3-8-10(9)14-8)11(6)12-4-5-13-11/h6-10H,2-5H2,1H3/t6-,7+,8+,9+,10+/m1/s1. The molecule has 0 aromatic rings. The molecule has 5 atom stereocenters. The van der Waals surface area contributed by atoms with Crippen LogP contribution in [0.2, 0.25) is 0 Å². The van der Waals surface area contributed by atoms with Gasteiger partial charge in [-0.25, -0.2) is 0 Å². The molecule has 2 saturated carbocycles. The van der Waals surface area contributed by atoms with Crippen LogP contribution in [0, 0.1) is 17.8 Å². The van der Waals surface area contributed by atoms with Gasteiger partial charge in [-0.3, -0.25) is 0 Å². The van der Waals surface area contributed by atoms with Crippen LogP contribution in [0.25, 0.3) is 0 Å². The van der Waals surface area contributed by atoms with E-state index < -0.39 is 0 Å². The van der Waals surface area contributed by atoms with Crippen molar-refractivity contribution in [3.05, 3.63) is 0 Å². The molecule has 3 heteroatoms. The van der Waals surface area contributed by atoms with Crippen molar-refractivity contribution in [3.63, 3.8) is 0 Å². The summed E-state index contributed by atoms with van der Waals surface area (Å²) in [6, 6.07) is 0. The molecule has 0 bridgehead atoms. The first-order chi connectivity index (χ1) is 6.83. The van der Waals surface area contributed by atoms with Crippen LogP contribution in [0.3, 0.4) is 0 Å². The third-order valence-electron chi connectivity index (χ3n) is 4.70. The highest BCUT2D eigenvalue weighted by Crippen LogP contribution is 2.63. The van der Waals surface area contributed by atoms with Gasteiger partial charge in [0, 0.05) is 17.8 Å². The van der Waals surface area contributed by atoms with Gasteiger partial charge >= 0.3 is 0 Å². The summed E-state index contributed by atoms with van der Waals surface area (Å²) in [5.74, 6) is 1.66. The lowest BCUT2D eigenvalue weighted by Crippen LogP contribution is -2.65. The summed E-state index contributed by atoms with van der Waals surface area (Å²) in [5, 5.41) is 0. The van der Waals surface area contributed by atoms with Gasteiger partial charge in [0.2, 0.25) is 0 Å². The Balaban J connectivity index is 1.65. The molecule has 0 unspecified atom stereocenters. The quantitative estimate of drug-likeness (QED) is 0.545. The Morgan fingerprint density at radius 3 is 2.71 bits per heavy atom. The first kappa shape index (κ1) is 8.08. The van der Waals surface area contributed by atoms with E-state index in [1.807, 2.05) is 0 Å². The molecule has 2 saturated heterocycles. The number of ether oxygens (including phenoxy) is 3. The summed E-state index contributed by atoms with van der Waals surface area (Å²) >= 11 is 0. The second-order valence-electron chi connectivity index (χ2n) is 5.11. The van der Waals surface area contributed by atoms with Crippen molar-refractivity contribution in [2.45, 2.75) is 37.8 Å². The third kappa shape index (κ3) is 0.730. The van der Waals surface area contributed by atoms with E-state index in [1.54, 1.807) is 0 Å². The Morgan fingerprint density at radius 2 is 1.93 bits per heavy atom. The molecule has 3 nitrogen and oxygen atoms in total. The summed E-state index contributed by atoms with van der Waals surface area (Å²) in [6.07, 6.45) is 3.57. The maximum atomic E-state index is 5.85. The van der Waals surface area contributed by atoms with Crippen LogP contribution in [0.4, 0.5) is 0 Å². The van der Waals surface area contributed by atoms with Crippen LogP contribution in [-0.2, 0) is 14.2 Å². The maximum absolute atomic E-state index is 5.85. The number of epoxide rings is 1. The van der Waals surface area contributed by atoms with Gasteiger partial charge in [0.05, 0.1) is 25.4 Å². The van der Waals surface area contributed by atoms with Crippen LogP contribution < -0.4 is 0 Å². The second kappa shape index (κ2) is 2.34. The Kier molecular flexibility index (Phi) is 1.35. The van der Waals surface area contributed by atoms with E-state index in [4.69, 9.17) is 14.2 Å². The molecule has 0 radical (unpaired) electrons. The van der Waals surface area contributed by atoms with Gasteiger partial charge in [-0.05, 0) is 12.8 Å². The Morgan fingerprint density at radius 1 is 1.14 bits per heavy atom. The molecule has 78 valence electrons. The normalized spacial score (nSPS) is 57.6. The molecule has 4 fully saturated rings. The van der Waals surface area contributed by atoms with Gasteiger partial charge in [-0.2, -0.15) is 0 Å². The molecule has 0 aromatic heterocycles. The minimum absolute atomic E-state index is 0.207. The molecule has 0 N–H and O–H groups in total. The lowest BCUT2D eigenvalue weighted by molar-refractivity contribution is -0.321. The Bertz CT molecular complexity index is 272. The highest BCUT2D eigenvalue weighted by Gasteiger charge is 2.71. The second-order valence-corrected chi connectivity index (χ2v) is 5.11. The largest absolute Gasteiger partial charge is 0.369 e. The molecule has 2 aliphatic carbocycles. The molecule has 2 heterocycles. The van der Waals surface area contributed by atoms with Crippen LogP contribution in [0.15, 0.2) is 0 Å². The van der Waals surface area contributed by atoms with Crippen LogP contribution in [0.1, 0.15) is 19.8 Å². The van der Waals surface area contributed by atoms with Gasteiger partial charge in [0.25, 0.3) is 0 Å². The van der Waals surface area contributed by atoms with E-state index in [1.165, 1.54) is 12.8 Å². The first-order valence-corrected chi connectivity index (χ1v) is 5.76. The van der Waals surface area contributed by atoms with Crippen LogP contribution in [0.5, 0.6) is 0 Å². The van der Waals surface area contributed by atoms with Crippen LogP contribution >= 0.6 is 0 Å². The Labute approximate surface area is 83.7 Å². The summed E-state index contributed by atoms with van der Waals surface area (Å²) < 4.78 is 17.4. The van der Waals surface area contributed by atoms with E-state index in [0.717, 1.165) is 13.2 Å². The number of hydrogen-bond acceptors (Lipinski definition) is 3. The van der Waals surface area contributed by atoms with E-state index >= 15 is 0 Å². The van der Waals surface area contributed by atoms with E-state index in [2.05, 4.69) is 6.92 Å². The molecular formula is C11H16O3. The highest BCUT2D eigenvalue weighted by atomic mass is 16.7. The maximum Gasteiger partial charge on any atom is 0.174 e. The molecule has 4 aliphatic rings. The summed E-state index contributed by atoms with van der Waals surface area (Å²) in [5.41, 5.74) is 0. The van der Waals surface area contributed by atoms with Gasteiger partial charge in [0.15, 0.2) is 5.79 Å². The minimum atomic E-state index is -0.207. The lowest BCUT2D eigenvalue weighted by atomic mass is 9.54. The van der Waals surface area contributed by atoms with E-state index in [9.17, 15) is 0 Å². The summed E-state index contributed by atoms with van der Waals surface area (Å²) in [6.45, 7) is 3.82. The van der Waals surface area contributed by atoms with Crippen molar-refractivity contribution in [2.24, 2.45) is 17.8 Å². The van der Waals surface area contributed by atoms with Gasteiger partial charge in [-0.15, -0.1) is 0 Å². The fraction of sp³-hybridized carbons (Fsp3) is 1.00. The zero-order valence-corrected chi connectivity index (χ0v) is 8.44. The average Bonchev–Trinajstić information content (AvgIpc) is 2.78. The van der Waals surface area contributed by atoms with Crippen molar-refractivity contribution >= 4 is 0 Å². The predicted octanol–water partition coefficient (Wildman–Crippen LogP) is 1.17. The molecular weight excluding hydrogens is 180 g/mol. The number of fused-ring (bicyclic) bond motifs is 4. The predicted molar refractivity (Wildman–Crippen MR) is 48.7 cm³/mol. The monoisotopic (exact) mass is 196 g/mol. The van der Waals surface area contributed by atoms with Gasteiger partial charge < -0.3 is 14.2 Å². The first-order valence-electron chi connectivity index (χ1n) is 5.76. The minimum Gasteiger partial charge on any atom is -0.369 e. The fourth-order valence-electron chi connectivity index (χ4n) is 4.00. The topological polar surface area (TPSA) is 31.0 Å². The van der Waals surface area contributed by atoms with Gasteiger partial charge in [0.1, 0.15) is 0 Å². The van der Waals surface area contributed by atoms with Crippen molar-refractivity contribution in [1.82, 2.24) is 0 Å². The molecule has 4 rings (SSSR count). The smallest absolute Gasteiger partial charge is 0.174 e. The molecule has 1 spiro atoms. The lowest BCUT2D eigenvalue weighted by Gasteiger charge is -2.57. The van der Waals surface area contributed by atoms with Crippen molar-refractivity contribution < 1.29 is 14.2 Å². The number of hydrogen-bond donors (Lipinski definition) is 0. The summed E-state index contributed by atoms with van der Waals surface area (Å²) in [4.78, 5) is 0. The SMILES string of the molecule is C[C@@H]1[C@@H]2[C@H]3O[C@H]3CC[C@@H]2C12OCCO2. The van der Waals surface area contributed by atoms with Crippen molar-refractivity contribution in [2.75, 3.05) is 13.2 Å². The van der Waals surface area contributed by atoms with Crippen molar-refractivity contribution in [1.29, 1.82) is 0 Å². The highest BCUT2D eigenvalue weighted by molar-refractivity contribution is 5.14. The number of rotatable bonds is 0. The molecule has 0 aromatic carbocycles. The van der Waals surface area contributed by atoms with Crippen LogP contribution in [-0.4, -0.2) is 31.2 Å². The van der Waals surface area contributed by atoms with E-state index in [0.29, 0.717) is 30.0 Å². The fourth-order valence-corrected chi connectivity index (χ4v) is 4.00.